The van der Waals surface area contributed by atoms with Crippen molar-refractivity contribution in [3.05, 3.63) is 57.1 Å². The van der Waals surface area contributed by atoms with Crippen LogP contribution in [-0.4, -0.2) is 34.4 Å². The van der Waals surface area contributed by atoms with Gasteiger partial charge in [0.15, 0.2) is 0 Å². The summed E-state index contributed by atoms with van der Waals surface area (Å²) in [6.45, 7) is 1.89. The van der Waals surface area contributed by atoms with Gasteiger partial charge < -0.3 is 10.0 Å². The largest absolute Gasteiger partial charge is 0.395 e. The van der Waals surface area contributed by atoms with Crippen molar-refractivity contribution >= 4 is 29.6 Å². The van der Waals surface area contributed by atoms with E-state index in [1.54, 1.807) is 10.6 Å². The molecule has 0 amide bonds. The Morgan fingerprint density at radius 3 is 2.86 bits per heavy atom. The molecule has 2 aromatic rings. The van der Waals surface area contributed by atoms with Crippen molar-refractivity contribution in [1.29, 1.82) is 0 Å². The van der Waals surface area contributed by atoms with Crippen molar-refractivity contribution in [3.8, 4) is 0 Å². The van der Waals surface area contributed by atoms with Gasteiger partial charge in [-0.2, -0.15) is 4.98 Å². The predicted octanol–water partition coefficient (Wildman–Crippen LogP) is 1.88. The summed E-state index contributed by atoms with van der Waals surface area (Å²) in [6.07, 6.45) is 3.62. The predicted molar refractivity (Wildman–Crippen MR) is 88.2 cm³/mol. The lowest BCUT2D eigenvalue weighted by Crippen LogP contribution is -2.25. The van der Waals surface area contributed by atoms with Crippen molar-refractivity contribution in [2.75, 3.05) is 24.6 Å². The number of benzene rings is 1. The molecule has 22 heavy (non-hydrogen) atoms. The van der Waals surface area contributed by atoms with Crippen molar-refractivity contribution in [1.82, 2.24) is 9.55 Å². The van der Waals surface area contributed by atoms with E-state index in [2.05, 4.69) is 4.98 Å². The van der Waals surface area contributed by atoms with Gasteiger partial charge in [-0.1, -0.05) is 35.9 Å². The lowest BCUT2D eigenvalue weighted by molar-refractivity contribution is 0.303. The van der Waals surface area contributed by atoms with Crippen LogP contribution in [0.25, 0.3) is 12.2 Å². The average molecular weight is 318 g/mol. The molecule has 6 heteroatoms. The third kappa shape index (κ3) is 2.91. The van der Waals surface area contributed by atoms with Crippen LogP contribution in [0.2, 0.25) is 5.02 Å². The highest BCUT2D eigenvalue weighted by Gasteiger charge is 2.20. The number of rotatable bonds is 4. The van der Waals surface area contributed by atoms with E-state index in [9.17, 15) is 4.79 Å². The molecule has 0 saturated heterocycles. The summed E-state index contributed by atoms with van der Waals surface area (Å²) in [4.78, 5) is 18.1. The van der Waals surface area contributed by atoms with Crippen LogP contribution < -0.4 is 10.6 Å². The number of anilines is 1. The Kier molecular flexibility index (Phi) is 4.27. The first kappa shape index (κ1) is 14.8. The van der Waals surface area contributed by atoms with Gasteiger partial charge in [-0.05, 0) is 17.7 Å². The minimum atomic E-state index is -0.267. The first-order valence-corrected chi connectivity index (χ1v) is 7.47. The highest BCUT2D eigenvalue weighted by atomic mass is 35.5. The molecule has 1 aliphatic heterocycles. The Hall–Kier alpha value is -2.11. The van der Waals surface area contributed by atoms with Crippen LogP contribution in [0.3, 0.4) is 0 Å². The highest BCUT2D eigenvalue weighted by Crippen LogP contribution is 2.21. The quantitative estimate of drug-likeness (QED) is 0.935. The summed E-state index contributed by atoms with van der Waals surface area (Å²) in [5.74, 6) is 0.799. The van der Waals surface area contributed by atoms with Gasteiger partial charge in [-0.25, -0.2) is 4.79 Å². The number of hydrogen-bond acceptors (Lipinski definition) is 4. The molecule has 5 nitrogen and oxygen atoms in total. The number of hydrogen-bond donors (Lipinski definition) is 1. The fourth-order valence-corrected chi connectivity index (χ4v) is 2.74. The first-order chi connectivity index (χ1) is 10.7. The summed E-state index contributed by atoms with van der Waals surface area (Å²) in [7, 11) is 0. The second kappa shape index (κ2) is 6.34. The van der Waals surface area contributed by atoms with E-state index in [1.807, 2.05) is 41.3 Å². The van der Waals surface area contributed by atoms with Crippen molar-refractivity contribution in [2.24, 2.45) is 0 Å². The summed E-state index contributed by atoms with van der Waals surface area (Å²) < 4.78 is 1.63. The Labute approximate surface area is 133 Å². The summed E-state index contributed by atoms with van der Waals surface area (Å²) in [5, 5.41) is 9.75. The third-order valence-electron chi connectivity index (χ3n) is 3.64. The monoisotopic (exact) mass is 317 g/mol. The molecule has 1 aliphatic rings. The normalized spacial score (nSPS) is 13.8. The van der Waals surface area contributed by atoms with Crippen molar-refractivity contribution < 1.29 is 5.11 Å². The smallest absolute Gasteiger partial charge is 0.349 e. The molecule has 3 rings (SSSR count). The van der Waals surface area contributed by atoms with E-state index in [0.717, 1.165) is 17.9 Å². The lowest BCUT2D eigenvalue weighted by Gasteiger charge is -2.16. The standard InChI is InChI=1S/C16H16ClN3O2/c17-14-4-2-1-3-12(14)5-6-13-11-15-19(9-10-21)7-8-20(15)16(22)18-13/h1-6,11,21H,7-10H2/b6-5+. The molecule has 0 bridgehead atoms. The molecule has 1 N–H and O–H groups in total. The molecule has 0 unspecified atom stereocenters. The van der Waals surface area contributed by atoms with Crippen molar-refractivity contribution in [2.45, 2.75) is 6.54 Å². The van der Waals surface area contributed by atoms with E-state index in [0.29, 0.717) is 23.8 Å². The van der Waals surface area contributed by atoms with Crippen LogP contribution in [0.5, 0.6) is 0 Å². The fourth-order valence-electron chi connectivity index (χ4n) is 2.54. The molecule has 0 atom stereocenters. The molecule has 0 aliphatic carbocycles. The van der Waals surface area contributed by atoms with Gasteiger partial charge in [0.25, 0.3) is 0 Å². The highest BCUT2D eigenvalue weighted by molar-refractivity contribution is 6.32. The maximum atomic E-state index is 12.1. The number of nitrogens with zero attached hydrogens (tertiary/aromatic N) is 3. The number of halogens is 1. The first-order valence-electron chi connectivity index (χ1n) is 7.09. The molecular formula is C16H16ClN3O2. The number of aliphatic hydroxyl groups is 1. The van der Waals surface area contributed by atoms with Crippen LogP contribution in [0.4, 0.5) is 5.82 Å². The minimum Gasteiger partial charge on any atom is -0.395 e. The lowest BCUT2D eigenvalue weighted by atomic mass is 10.2. The Bertz CT molecular complexity index is 770. The zero-order valence-corrected chi connectivity index (χ0v) is 12.7. The number of β-amino-alcohol motifs (C(OH)–C–C–N with tert-alkyl or cyclic N) is 1. The Morgan fingerprint density at radius 1 is 1.27 bits per heavy atom. The Morgan fingerprint density at radius 2 is 2.09 bits per heavy atom. The van der Waals surface area contributed by atoms with Crippen LogP contribution in [-0.2, 0) is 6.54 Å². The van der Waals surface area contributed by atoms with Crippen molar-refractivity contribution in [3.63, 3.8) is 0 Å². The maximum Gasteiger partial charge on any atom is 0.349 e. The van der Waals surface area contributed by atoms with Gasteiger partial charge in [0.2, 0.25) is 0 Å². The zero-order valence-electron chi connectivity index (χ0n) is 11.9. The second-order valence-electron chi connectivity index (χ2n) is 5.04. The zero-order chi connectivity index (χ0) is 15.5. The van der Waals surface area contributed by atoms with E-state index >= 15 is 0 Å². The molecule has 0 fully saturated rings. The van der Waals surface area contributed by atoms with Gasteiger partial charge in [0, 0.05) is 30.7 Å². The SMILES string of the molecule is O=c1nc(/C=C/c2ccccc2Cl)cc2n1CCN2CCO. The average Bonchev–Trinajstić information content (AvgIpc) is 2.91. The second-order valence-corrected chi connectivity index (χ2v) is 5.45. The molecular weight excluding hydrogens is 302 g/mol. The molecule has 1 aromatic heterocycles. The molecule has 114 valence electrons. The van der Waals surface area contributed by atoms with Gasteiger partial charge in [-0.3, -0.25) is 4.57 Å². The molecule has 2 heterocycles. The fraction of sp³-hybridized carbons (Fsp3) is 0.250. The summed E-state index contributed by atoms with van der Waals surface area (Å²) >= 11 is 6.11. The molecule has 0 saturated carbocycles. The minimum absolute atomic E-state index is 0.0569. The van der Waals surface area contributed by atoms with Crippen LogP contribution in [0.15, 0.2) is 35.1 Å². The molecule has 1 aromatic carbocycles. The van der Waals surface area contributed by atoms with E-state index in [4.69, 9.17) is 16.7 Å². The van der Waals surface area contributed by atoms with Gasteiger partial charge in [0.05, 0.1) is 12.3 Å². The van der Waals surface area contributed by atoms with E-state index in [1.165, 1.54) is 0 Å². The summed E-state index contributed by atoms with van der Waals surface area (Å²) in [5.41, 5.74) is 1.19. The topological polar surface area (TPSA) is 58.4 Å². The van der Waals surface area contributed by atoms with Crippen LogP contribution in [0, 0.1) is 0 Å². The maximum absolute atomic E-state index is 12.1. The van der Waals surface area contributed by atoms with Gasteiger partial charge in [0.1, 0.15) is 5.82 Å². The molecule has 0 spiro atoms. The van der Waals surface area contributed by atoms with Crippen LogP contribution in [0.1, 0.15) is 11.3 Å². The Balaban J connectivity index is 1.93. The van der Waals surface area contributed by atoms with E-state index in [-0.39, 0.29) is 12.3 Å². The van der Waals surface area contributed by atoms with E-state index < -0.39 is 0 Å². The molecule has 0 radical (unpaired) electrons. The van der Waals surface area contributed by atoms with Crippen LogP contribution >= 0.6 is 11.6 Å². The van der Waals surface area contributed by atoms with Gasteiger partial charge >= 0.3 is 5.69 Å². The number of aliphatic hydroxyl groups excluding tert-OH is 1. The number of fused-ring (bicyclic) bond motifs is 1. The number of aromatic nitrogens is 2. The van der Waals surface area contributed by atoms with Gasteiger partial charge in [-0.15, -0.1) is 0 Å². The summed E-state index contributed by atoms with van der Waals surface area (Å²) in [6, 6.07) is 9.34. The third-order valence-corrected chi connectivity index (χ3v) is 3.98.